The second-order valence-electron chi connectivity index (χ2n) is 9.43. The highest BCUT2D eigenvalue weighted by molar-refractivity contribution is 7.95. The average molecular weight is 466 g/mol. The molecule has 2 aromatic carbocycles. The quantitative estimate of drug-likeness (QED) is 0.317. The second kappa shape index (κ2) is 8.72. The highest BCUT2D eigenvalue weighted by atomic mass is 32.2. The van der Waals surface area contributed by atoms with Gasteiger partial charge in [-0.05, 0) is 41.2 Å². The Morgan fingerprint density at radius 2 is 1.75 bits per heavy atom. The molecule has 1 saturated heterocycles. The number of rotatable bonds is 6. The first-order chi connectivity index (χ1) is 15.0. The Balaban J connectivity index is 1.78. The molecule has 4 rings (SSSR count). The summed E-state index contributed by atoms with van der Waals surface area (Å²) in [7, 11) is 0. The van der Waals surface area contributed by atoms with E-state index in [9.17, 15) is 13.2 Å². The Hall–Kier alpha value is -2.03. The predicted molar refractivity (Wildman–Crippen MR) is 122 cm³/mol. The lowest BCUT2D eigenvalue weighted by Gasteiger charge is -2.28. The van der Waals surface area contributed by atoms with Crippen LogP contribution in [0.3, 0.4) is 0 Å². The molecule has 32 heavy (non-hydrogen) atoms. The van der Waals surface area contributed by atoms with Gasteiger partial charge in [0.25, 0.3) is 0 Å². The number of hydrogen-bond donors (Lipinski definition) is 1. The van der Waals surface area contributed by atoms with E-state index in [1.54, 1.807) is 18.2 Å². The summed E-state index contributed by atoms with van der Waals surface area (Å²) in [5.41, 5.74) is 0.594. The van der Waals surface area contributed by atoms with Gasteiger partial charge in [-0.25, -0.2) is 13.4 Å². The lowest BCUT2D eigenvalue weighted by atomic mass is 9.96. The number of nitrogens with one attached hydrogen (secondary N) is 1. The van der Waals surface area contributed by atoms with Gasteiger partial charge in [-0.2, -0.15) is 13.2 Å². The second-order valence-corrected chi connectivity index (χ2v) is 10.4. The zero-order valence-corrected chi connectivity index (χ0v) is 19.2. The summed E-state index contributed by atoms with van der Waals surface area (Å²) in [6.45, 7) is 9.57. The van der Waals surface area contributed by atoms with E-state index in [0.717, 1.165) is 35.6 Å². The van der Waals surface area contributed by atoms with Gasteiger partial charge in [0, 0.05) is 61.0 Å². The van der Waals surface area contributed by atoms with Crippen LogP contribution in [-0.2, 0) is 19.3 Å². The van der Waals surface area contributed by atoms with Gasteiger partial charge in [0.15, 0.2) is 0 Å². The SMILES string of the molecule is CC(C)(C)Cn1cc(CNSN2CCC2)c2cc(F)c(-c3ccccc3C(F)(F)F)cc21. The van der Waals surface area contributed by atoms with Crippen LogP contribution in [0, 0.1) is 11.2 Å². The lowest BCUT2D eigenvalue weighted by molar-refractivity contribution is -0.137. The van der Waals surface area contributed by atoms with Crippen molar-refractivity contribution in [1.82, 2.24) is 13.6 Å². The van der Waals surface area contributed by atoms with Crippen LogP contribution in [0.4, 0.5) is 17.6 Å². The van der Waals surface area contributed by atoms with Crippen LogP contribution in [0.15, 0.2) is 42.6 Å². The number of alkyl halides is 3. The van der Waals surface area contributed by atoms with E-state index in [-0.39, 0.29) is 16.5 Å². The minimum Gasteiger partial charge on any atom is -0.347 e. The molecule has 0 amide bonds. The Morgan fingerprint density at radius 3 is 2.38 bits per heavy atom. The average Bonchev–Trinajstić information content (AvgIpc) is 2.97. The number of hydrogen-bond acceptors (Lipinski definition) is 3. The fraction of sp³-hybridized carbons (Fsp3) is 0.417. The van der Waals surface area contributed by atoms with Crippen molar-refractivity contribution >= 4 is 23.0 Å². The largest absolute Gasteiger partial charge is 0.417 e. The Labute approximate surface area is 190 Å². The number of nitrogens with zero attached hydrogens (tertiary/aromatic N) is 2. The smallest absolute Gasteiger partial charge is 0.347 e. The highest BCUT2D eigenvalue weighted by Gasteiger charge is 2.34. The summed E-state index contributed by atoms with van der Waals surface area (Å²) in [4.78, 5) is 0. The maximum Gasteiger partial charge on any atom is 0.417 e. The fourth-order valence-electron chi connectivity index (χ4n) is 3.92. The molecular formula is C24H27F4N3S. The van der Waals surface area contributed by atoms with Crippen LogP contribution < -0.4 is 4.72 Å². The van der Waals surface area contributed by atoms with E-state index in [0.29, 0.717) is 13.1 Å². The predicted octanol–water partition coefficient (Wildman–Crippen LogP) is 6.87. The van der Waals surface area contributed by atoms with Gasteiger partial charge in [-0.15, -0.1) is 0 Å². The van der Waals surface area contributed by atoms with E-state index >= 15 is 4.39 Å². The molecule has 1 aromatic heterocycles. The summed E-state index contributed by atoms with van der Waals surface area (Å²) in [6, 6.07) is 8.09. The Morgan fingerprint density at radius 1 is 1.03 bits per heavy atom. The van der Waals surface area contributed by atoms with E-state index in [1.807, 2.05) is 10.8 Å². The van der Waals surface area contributed by atoms with E-state index in [2.05, 4.69) is 29.8 Å². The molecule has 1 fully saturated rings. The van der Waals surface area contributed by atoms with Gasteiger partial charge < -0.3 is 4.57 Å². The molecule has 0 atom stereocenters. The summed E-state index contributed by atoms with van der Waals surface area (Å²) in [5.74, 6) is -0.653. The molecule has 172 valence electrons. The third-order valence-electron chi connectivity index (χ3n) is 5.49. The Bertz CT molecular complexity index is 1110. The van der Waals surface area contributed by atoms with Crippen LogP contribution in [-0.4, -0.2) is 22.0 Å². The molecule has 3 aromatic rings. The maximum absolute atomic E-state index is 15.2. The zero-order chi connectivity index (χ0) is 23.1. The lowest BCUT2D eigenvalue weighted by Crippen LogP contribution is -2.33. The third kappa shape index (κ3) is 4.97. The molecule has 0 spiro atoms. The minimum atomic E-state index is -4.56. The summed E-state index contributed by atoms with van der Waals surface area (Å²) >= 11 is 1.55. The van der Waals surface area contributed by atoms with Gasteiger partial charge in [0.1, 0.15) is 5.82 Å². The molecular weight excluding hydrogens is 438 g/mol. The van der Waals surface area contributed by atoms with Crippen molar-refractivity contribution in [3.05, 3.63) is 59.5 Å². The van der Waals surface area contributed by atoms with Crippen LogP contribution in [0.2, 0.25) is 0 Å². The van der Waals surface area contributed by atoms with Crippen molar-refractivity contribution in [2.24, 2.45) is 5.41 Å². The number of fused-ring (bicyclic) bond motifs is 1. The van der Waals surface area contributed by atoms with Gasteiger partial charge >= 0.3 is 6.18 Å². The van der Waals surface area contributed by atoms with Crippen molar-refractivity contribution in [2.45, 2.75) is 46.5 Å². The molecule has 3 nitrogen and oxygen atoms in total. The van der Waals surface area contributed by atoms with Gasteiger partial charge in [-0.1, -0.05) is 39.0 Å². The van der Waals surface area contributed by atoms with Gasteiger partial charge in [-0.3, -0.25) is 0 Å². The van der Waals surface area contributed by atoms with Crippen molar-refractivity contribution in [1.29, 1.82) is 0 Å². The molecule has 0 unspecified atom stereocenters. The Kier molecular flexibility index (Phi) is 6.31. The molecule has 1 aliphatic heterocycles. The first kappa shape index (κ1) is 23.1. The molecule has 2 heterocycles. The monoisotopic (exact) mass is 465 g/mol. The maximum atomic E-state index is 15.2. The topological polar surface area (TPSA) is 20.2 Å². The zero-order valence-electron chi connectivity index (χ0n) is 18.4. The van der Waals surface area contributed by atoms with Gasteiger partial charge in [0.2, 0.25) is 0 Å². The van der Waals surface area contributed by atoms with Crippen molar-refractivity contribution in [3.63, 3.8) is 0 Å². The molecule has 0 saturated carbocycles. The molecule has 8 heteroatoms. The first-order valence-corrected chi connectivity index (χ1v) is 11.4. The van der Waals surface area contributed by atoms with Crippen LogP contribution in [0.5, 0.6) is 0 Å². The van der Waals surface area contributed by atoms with Crippen molar-refractivity contribution in [2.75, 3.05) is 13.1 Å². The number of halogens is 4. The fourth-order valence-corrected chi connectivity index (χ4v) is 4.76. The summed E-state index contributed by atoms with van der Waals surface area (Å²) < 4.78 is 63.5. The summed E-state index contributed by atoms with van der Waals surface area (Å²) in [5, 5.41) is 0.719. The molecule has 1 N–H and O–H groups in total. The minimum absolute atomic E-state index is 0.0341. The van der Waals surface area contributed by atoms with Gasteiger partial charge in [0.05, 0.1) is 5.56 Å². The molecule has 0 aliphatic carbocycles. The standard InChI is InChI=1S/C24H27F4N3S/c1-23(2,3)15-30-14-16(13-29-32-31-9-6-10-31)18-11-21(25)19(12-22(18)30)17-7-4-5-8-20(17)24(26,27)28/h4-5,7-8,11-12,14,29H,6,9-10,13,15H2,1-3H3. The normalized spacial score (nSPS) is 15.3. The van der Waals surface area contributed by atoms with Crippen LogP contribution in [0.1, 0.15) is 38.3 Å². The van der Waals surface area contributed by atoms with Crippen LogP contribution >= 0.6 is 12.1 Å². The number of benzene rings is 2. The van der Waals surface area contributed by atoms with Crippen molar-refractivity contribution in [3.8, 4) is 11.1 Å². The van der Waals surface area contributed by atoms with Crippen LogP contribution in [0.25, 0.3) is 22.0 Å². The first-order valence-electron chi connectivity index (χ1n) is 10.7. The summed E-state index contributed by atoms with van der Waals surface area (Å²) in [6.07, 6.45) is -1.39. The molecule has 0 radical (unpaired) electrons. The van der Waals surface area contributed by atoms with E-state index in [4.69, 9.17) is 0 Å². The van der Waals surface area contributed by atoms with E-state index in [1.165, 1.54) is 30.7 Å². The molecule has 1 aliphatic rings. The third-order valence-corrected chi connectivity index (χ3v) is 6.39. The number of aromatic nitrogens is 1. The van der Waals surface area contributed by atoms with E-state index < -0.39 is 17.6 Å². The van der Waals surface area contributed by atoms with Crippen molar-refractivity contribution < 1.29 is 17.6 Å². The molecule has 0 bridgehead atoms. The highest BCUT2D eigenvalue weighted by Crippen LogP contribution is 2.39.